The molecule has 0 saturated carbocycles. The molecule has 0 bridgehead atoms. The average Bonchev–Trinajstić information content (AvgIpc) is 2.13. The first-order valence-corrected chi connectivity index (χ1v) is 5.05. The Balaban J connectivity index is -0.00000103. The van der Waals surface area contributed by atoms with Crippen LogP contribution in [0.3, 0.4) is 0 Å². The Labute approximate surface area is 128 Å². The first-order valence-electron chi connectivity index (χ1n) is 5.05. The molecular formula is C9H12F9N2Zn-3. The summed E-state index contributed by atoms with van der Waals surface area (Å²) in [6.07, 6.45) is -17.5. The Morgan fingerprint density at radius 2 is 1.14 bits per heavy atom. The zero-order chi connectivity index (χ0) is 16.8. The van der Waals surface area contributed by atoms with Crippen molar-refractivity contribution in [3.63, 3.8) is 0 Å². The Hall–Kier alpha value is -0.0866. The van der Waals surface area contributed by atoms with Gasteiger partial charge in [0.25, 0.3) is 0 Å². The van der Waals surface area contributed by atoms with Crippen molar-refractivity contribution in [3.8, 4) is 0 Å². The van der Waals surface area contributed by atoms with Gasteiger partial charge in [0.1, 0.15) is 0 Å². The number of nitrogens with zero attached hydrogens (tertiary/aromatic N) is 2. The van der Waals surface area contributed by atoms with E-state index in [4.69, 9.17) is 0 Å². The molecule has 0 aromatic carbocycles. The summed E-state index contributed by atoms with van der Waals surface area (Å²) in [5.74, 6) is 0. The van der Waals surface area contributed by atoms with Crippen molar-refractivity contribution in [3.05, 3.63) is 17.6 Å². The summed E-state index contributed by atoms with van der Waals surface area (Å²) in [6.45, 7) is 5.62. The van der Waals surface area contributed by atoms with Crippen molar-refractivity contribution in [2.45, 2.75) is 51.1 Å². The molecule has 0 heterocycles. The number of halogens is 9. The summed E-state index contributed by atoms with van der Waals surface area (Å²) in [4.78, 5) is 0. The molecule has 2 atom stereocenters. The molecule has 0 fully saturated rings. The van der Waals surface area contributed by atoms with Crippen LogP contribution in [0.2, 0.25) is 0 Å². The van der Waals surface area contributed by atoms with E-state index in [1.54, 1.807) is 6.92 Å². The third-order valence-corrected chi connectivity index (χ3v) is 1.61. The van der Waals surface area contributed by atoms with Gasteiger partial charge in [-0.15, -0.1) is 6.04 Å². The molecule has 0 aliphatic heterocycles. The van der Waals surface area contributed by atoms with Crippen LogP contribution in [0, 0.1) is 6.92 Å². The summed E-state index contributed by atoms with van der Waals surface area (Å²) in [6, 6.07) is -5.25. The fourth-order valence-electron chi connectivity index (χ4n) is 1.06. The summed E-state index contributed by atoms with van der Waals surface area (Å²) in [5.41, 5.74) is 0. The van der Waals surface area contributed by atoms with Gasteiger partial charge < -0.3 is 17.6 Å². The molecule has 2 nitrogen and oxygen atoms in total. The van der Waals surface area contributed by atoms with Crippen molar-refractivity contribution in [1.29, 1.82) is 0 Å². The molecule has 0 spiro atoms. The smallest absolute Gasteiger partial charge is 0.373 e. The van der Waals surface area contributed by atoms with Gasteiger partial charge >= 0.3 is 18.8 Å². The van der Waals surface area contributed by atoms with Crippen molar-refractivity contribution >= 4 is 0 Å². The van der Waals surface area contributed by atoms with Crippen molar-refractivity contribution < 1.29 is 59.0 Å². The molecule has 0 aromatic rings. The van der Waals surface area contributed by atoms with Crippen molar-refractivity contribution in [2.24, 2.45) is 0 Å². The minimum Gasteiger partial charge on any atom is -0.568 e. The Morgan fingerprint density at radius 1 is 0.810 bits per heavy atom. The van der Waals surface area contributed by atoms with Gasteiger partial charge in [0.05, 0.1) is 0 Å². The largest absolute Gasteiger partial charge is 0.568 e. The Bertz CT molecular complexity index is 261. The summed E-state index contributed by atoms with van der Waals surface area (Å²) in [7, 11) is 0. The van der Waals surface area contributed by atoms with E-state index in [1.807, 2.05) is 5.32 Å². The Kier molecular flexibility index (Phi) is 12.1. The fraction of sp³-hybridized carbons (Fsp3) is 0.889. The average molecular weight is 385 g/mol. The molecule has 21 heavy (non-hydrogen) atoms. The Morgan fingerprint density at radius 3 is 1.38 bits per heavy atom. The molecule has 2 unspecified atom stereocenters. The quantitative estimate of drug-likeness (QED) is 0.272. The van der Waals surface area contributed by atoms with Crippen LogP contribution < -0.4 is 0 Å². The SMILES string of the molecule is CC(CC([N-]C(F)(F)F)C(F)(F)F)[N-]C(F)(F)F.[CH2-]C.[Zn]. The molecule has 0 aromatic heterocycles. The number of rotatable bonds is 4. The summed E-state index contributed by atoms with van der Waals surface area (Å²) < 4.78 is 107. The summed E-state index contributed by atoms with van der Waals surface area (Å²) >= 11 is 0. The van der Waals surface area contributed by atoms with E-state index in [0.29, 0.717) is 6.92 Å². The zero-order valence-corrected chi connectivity index (χ0v) is 14.0. The minimum absolute atomic E-state index is 0. The van der Waals surface area contributed by atoms with Crippen LogP contribution in [-0.4, -0.2) is 30.9 Å². The first kappa shape index (κ1) is 25.8. The van der Waals surface area contributed by atoms with Gasteiger partial charge in [-0.2, -0.15) is 46.4 Å². The van der Waals surface area contributed by atoms with Gasteiger partial charge in [0, 0.05) is 19.5 Å². The first-order chi connectivity index (χ1) is 8.71. The zero-order valence-electron chi connectivity index (χ0n) is 11.1. The molecule has 0 aliphatic carbocycles. The minimum atomic E-state index is -5.47. The maximum Gasteiger partial charge on any atom is 0.373 e. The van der Waals surface area contributed by atoms with E-state index in [9.17, 15) is 39.5 Å². The fourth-order valence-corrected chi connectivity index (χ4v) is 1.06. The number of hydrogen-bond acceptors (Lipinski definition) is 0. The molecule has 12 heteroatoms. The van der Waals surface area contributed by atoms with E-state index < -0.39 is 37.3 Å². The van der Waals surface area contributed by atoms with Crippen LogP contribution in [0.1, 0.15) is 20.3 Å². The van der Waals surface area contributed by atoms with Crippen LogP contribution in [0.5, 0.6) is 0 Å². The third-order valence-electron chi connectivity index (χ3n) is 1.61. The molecule has 0 saturated heterocycles. The number of hydrogen-bond donors (Lipinski definition) is 0. The van der Waals surface area contributed by atoms with E-state index in [0.717, 1.165) is 0 Å². The van der Waals surface area contributed by atoms with E-state index in [2.05, 4.69) is 6.92 Å². The second-order valence-electron chi connectivity index (χ2n) is 3.34. The van der Waals surface area contributed by atoms with Gasteiger partial charge in [-0.05, 0) is 6.04 Å². The monoisotopic (exact) mass is 383 g/mol. The number of alkyl halides is 9. The van der Waals surface area contributed by atoms with Crippen molar-refractivity contribution in [1.82, 2.24) is 0 Å². The van der Waals surface area contributed by atoms with Crippen LogP contribution in [0.25, 0.3) is 10.6 Å². The molecule has 0 aliphatic rings. The van der Waals surface area contributed by atoms with Gasteiger partial charge in [0.2, 0.25) is 0 Å². The molecule has 126 valence electrons. The topological polar surface area (TPSA) is 28.2 Å². The van der Waals surface area contributed by atoms with Gasteiger partial charge in [-0.25, -0.2) is 0 Å². The maximum atomic E-state index is 12.1. The molecule has 0 N–H and O–H groups in total. The third kappa shape index (κ3) is 16.1. The van der Waals surface area contributed by atoms with Crippen LogP contribution >= 0.6 is 0 Å². The predicted octanol–water partition coefficient (Wildman–Crippen LogP) is 5.32. The van der Waals surface area contributed by atoms with Gasteiger partial charge in [-0.3, -0.25) is 0 Å². The molecular weight excluding hydrogens is 372 g/mol. The van der Waals surface area contributed by atoms with E-state index in [-0.39, 0.29) is 19.5 Å². The second kappa shape index (κ2) is 9.83. The van der Waals surface area contributed by atoms with Gasteiger partial charge in [0.15, 0.2) is 0 Å². The van der Waals surface area contributed by atoms with Crippen LogP contribution in [0.15, 0.2) is 0 Å². The van der Waals surface area contributed by atoms with Crippen LogP contribution in [-0.2, 0) is 19.5 Å². The van der Waals surface area contributed by atoms with E-state index >= 15 is 0 Å². The summed E-state index contributed by atoms with van der Waals surface area (Å²) in [5, 5.41) is 3.46. The van der Waals surface area contributed by atoms with E-state index in [1.165, 1.54) is 5.32 Å². The molecule has 0 radical (unpaired) electrons. The van der Waals surface area contributed by atoms with Crippen LogP contribution in [0.4, 0.5) is 39.5 Å². The molecule has 0 amide bonds. The van der Waals surface area contributed by atoms with Crippen molar-refractivity contribution in [2.75, 3.05) is 0 Å². The standard InChI is InChI=1S/C7H7F9N2.C2H5.Zn/c1-3(17-6(11,12)13)2-4(5(8,9)10)18-7(14,15)16;1-2;/h3-4H,2H2,1H3;1H2,2H3;/q-2;-1;. The second-order valence-corrected chi connectivity index (χ2v) is 3.34. The molecule has 0 rings (SSSR count). The van der Waals surface area contributed by atoms with Gasteiger partial charge in [-0.1, -0.05) is 13.3 Å². The maximum absolute atomic E-state index is 12.1. The predicted molar refractivity (Wildman–Crippen MR) is 53.8 cm³/mol. The normalized spacial score (nSPS) is 15.4.